The van der Waals surface area contributed by atoms with Crippen molar-refractivity contribution in [3.8, 4) is 11.3 Å². The molecule has 1 fully saturated rings. The predicted molar refractivity (Wildman–Crippen MR) is 158 cm³/mol. The van der Waals surface area contributed by atoms with Crippen LogP contribution in [0.1, 0.15) is 24.2 Å². The third-order valence-electron chi connectivity index (χ3n) is 7.81. The lowest BCUT2D eigenvalue weighted by Gasteiger charge is -2.22. The van der Waals surface area contributed by atoms with Crippen LogP contribution in [-0.2, 0) is 9.59 Å². The Labute approximate surface area is 239 Å². The summed E-state index contributed by atoms with van der Waals surface area (Å²) in [4.78, 5) is 40.9. The summed E-state index contributed by atoms with van der Waals surface area (Å²) in [6.07, 6.45) is 3.88. The van der Waals surface area contributed by atoms with E-state index >= 15 is 0 Å². The number of aryl methyl sites for hydroxylation is 2. The van der Waals surface area contributed by atoms with Crippen LogP contribution in [0, 0.1) is 19.8 Å². The number of amides is 1. The molecule has 11 nitrogen and oxygen atoms in total. The number of hydrogen-bond acceptors (Lipinski definition) is 8. The van der Waals surface area contributed by atoms with Crippen molar-refractivity contribution in [2.75, 3.05) is 16.8 Å². The Balaban J connectivity index is 1.09. The van der Waals surface area contributed by atoms with Crippen LogP contribution in [0.25, 0.3) is 44.2 Å². The SMILES string of the molecule is Cc1nc(N2C[C@@H](CC(=O)Nc3cnc(-c4ccc5[nH]ncc5c4)c(C)c3)C[C@H]2C(=O)O)c2oc3ccccc3c2n1. The zero-order valence-corrected chi connectivity index (χ0v) is 23.0. The number of hydrogen-bond donors (Lipinski definition) is 3. The average molecular weight is 562 g/mol. The first-order valence-electron chi connectivity index (χ1n) is 13.7. The highest BCUT2D eigenvalue weighted by Crippen LogP contribution is 2.38. The van der Waals surface area contributed by atoms with Gasteiger partial charge in [-0.05, 0) is 62.1 Å². The number of aromatic nitrogens is 5. The number of anilines is 2. The minimum absolute atomic E-state index is 0.158. The Morgan fingerprint density at radius 3 is 2.81 bits per heavy atom. The first-order chi connectivity index (χ1) is 20.3. The Morgan fingerprint density at radius 1 is 1.12 bits per heavy atom. The van der Waals surface area contributed by atoms with Gasteiger partial charge in [0.2, 0.25) is 5.91 Å². The van der Waals surface area contributed by atoms with Crippen molar-refractivity contribution in [1.82, 2.24) is 25.1 Å². The molecule has 6 aromatic rings. The largest absolute Gasteiger partial charge is 0.480 e. The number of benzene rings is 2. The number of aliphatic carboxylic acids is 1. The van der Waals surface area contributed by atoms with Crippen LogP contribution in [0.3, 0.4) is 0 Å². The molecule has 0 unspecified atom stereocenters. The summed E-state index contributed by atoms with van der Waals surface area (Å²) >= 11 is 0. The highest BCUT2D eigenvalue weighted by atomic mass is 16.4. The van der Waals surface area contributed by atoms with Crippen LogP contribution in [0.4, 0.5) is 11.5 Å². The molecular weight excluding hydrogens is 534 g/mol. The van der Waals surface area contributed by atoms with Crippen molar-refractivity contribution in [3.63, 3.8) is 0 Å². The predicted octanol–water partition coefficient (Wildman–Crippen LogP) is 5.24. The highest BCUT2D eigenvalue weighted by Gasteiger charge is 2.40. The molecule has 3 N–H and O–H groups in total. The van der Waals surface area contributed by atoms with Gasteiger partial charge in [0, 0.05) is 29.3 Å². The normalized spacial score (nSPS) is 17.0. The van der Waals surface area contributed by atoms with Crippen molar-refractivity contribution < 1.29 is 19.1 Å². The average Bonchev–Trinajstić information content (AvgIpc) is 3.69. The van der Waals surface area contributed by atoms with E-state index in [4.69, 9.17) is 4.42 Å². The number of nitrogens with one attached hydrogen (secondary N) is 2. The fourth-order valence-corrected chi connectivity index (χ4v) is 5.93. The molecular formula is C31H27N7O4. The van der Waals surface area contributed by atoms with Gasteiger partial charge in [-0.2, -0.15) is 5.10 Å². The second kappa shape index (κ2) is 9.95. The summed E-state index contributed by atoms with van der Waals surface area (Å²) in [5, 5.41) is 21.9. The van der Waals surface area contributed by atoms with Crippen molar-refractivity contribution in [1.29, 1.82) is 0 Å². The molecule has 0 spiro atoms. The number of carboxylic acid groups (broad SMARTS) is 1. The van der Waals surface area contributed by atoms with Crippen molar-refractivity contribution in [2.24, 2.45) is 5.92 Å². The molecule has 0 radical (unpaired) electrons. The summed E-state index contributed by atoms with van der Waals surface area (Å²) in [5.74, 6) is -0.413. The molecule has 11 heteroatoms. The van der Waals surface area contributed by atoms with Gasteiger partial charge < -0.3 is 19.7 Å². The molecule has 1 aliphatic heterocycles. The zero-order valence-electron chi connectivity index (χ0n) is 23.0. The van der Waals surface area contributed by atoms with Gasteiger partial charge >= 0.3 is 5.97 Å². The molecule has 1 amide bonds. The van der Waals surface area contributed by atoms with E-state index < -0.39 is 12.0 Å². The van der Waals surface area contributed by atoms with Gasteiger partial charge in [-0.3, -0.25) is 14.9 Å². The quantitative estimate of drug-likeness (QED) is 0.248. The molecule has 0 saturated carbocycles. The summed E-state index contributed by atoms with van der Waals surface area (Å²) < 4.78 is 6.09. The van der Waals surface area contributed by atoms with E-state index in [1.807, 2.05) is 55.5 Å². The maximum Gasteiger partial charge on any atom is 0.326 e. The monoisotopic (exact) mass is 561 g/mol. The Kier molecular flexibility index (Phi) is 6.07. The van der Waals surface area contributed by atoms with Gasteiger partial charge in [-0.15, -0.1) is 0 Å². The molecule has 210 valence electrons. The number of pyridine rings is 1. The molecule has 4 aromatic heterocycles. The molecule has 5 heterocycles. The first kappa shape index (κ1) is 25.6. The first-order valence-corrected chi connectivity index (χ1v) is 13.7. The molecule has 42 heavy (non-hydrogen) atoms. The number of carbonyl (C=O) groups is 2. The van der Waals surface area contributed by atoms with Crippen LogP contribution in [0.2, 0.25) is 0 Å². The van der Waals surface area contributed by atoms with E-state index in [0.717, 1.165) is 33.1 Å². The molecule has 1 aliphatic rings. The maximum atomic E-state index is 13.1. The van der Waals surface area contributed by atoms with Crippen LogP contribution < -0.4 is 10.2 Å². The summed E-state index contributed by atoms with van der Waals surface area (Å²) in [6, 6.07) is 14.6. The Hall–Kier alpha value is -5.32. The number of aromatic amines is 1. The molecule has 0 aliphatic carbocycles. The number of nitrogens with zero attached hydrogens (tertiary/aromatic N) is 5. The van der Waals surface area contributed by atoms with Gasteiger partial charge in [-0.1, -0.05) is 18.2 Å². The fraction of sp³-hybridized carbons (Fsp3) is 0.226. The second-order valence-electron chi connectivity index (χ2n) is 10.8. The lowest BCUT2D eigenvalue weighted by Crippen LogP contribution is -2.36. The summed E-state index contributed by atoms with van der Waals surface area (Å²) in [5.41, 5.74) is 6.00. The van der Waals surface area contributed by atoms with Crippen LogP contribution in [0.15, 0.2) is 65.3 Å². The lowest BCUT2D eigenvalue weighted by molar-refractivity contribution is -0.138. The molecule has 7 rings (SSSR count). The number of para-hydroxylation sites is 1. The minimum atomic E-state index is -0.970. The third-order valence-corrected chi connectivity index (χ3v) is 7.81. The molecule has 1 saturated heterocycles. The minimum Gasteiger partial charge on any atom is -0.480 e. The van der Waals surface area contributed by atoms with Gasteiger partial charge in [0.05, 0.1) is 29.3 Å². The number of rotatable bonds is 6. The number of H-pyrrole nitrogens is 1. The van der Waals surface area contributed by atoms with Crippen molar-refractivity contribution in [2.45, 2.75) is 32.7 Å². The number of carbonyl (C=O) groups excluding carboxylic acids is 1. The van der Waals surface area contributed by atoms with E-state index in [9.17, 15) is 14.7 Å². The van der Waals surface area contributed by atoms with Crippen LogP contribution in [0.5, 0.6) is 0 Å². The standard InChI is InChI=1S/C31H27N7O4/c1-16-9-21(14-32-27(16)19-7-8-23-20(12-19)13-33-37-23)36-26(39)11-18-10-24(31(40)41)38(15-18)30-29-28(34-17(2)35-30)22-5-3-4-6-25(22)42-29/h3-9,12-14,18,24H,10-11,15H2,1-2H3,(H,33,37)(H,36,39)(H,40,41)/t18-,24+/m1/s1. The van der Waals surface area contributed by atoms with Crippen molar-refractivity contribution in [3.05, 3.63) is 72.3 Å². The van der Waals surface area contributed by atoms with Crippen LogP contribution in [-0.4, -0.2) is 54.7 Å². The van der Waals surface area contributed by atoms with Gasteiger partial charge in [0.1, 0.15) is 23.0 Å². The number of carboxylic acids is 1. The number of fused-ring (bicyclic) bond motifs is 4. The Morgan fingerprint density at radius 2 is 1.98 bits per heavy atom. The maximum absolute atomic E-state index is 13.1. The molecule has 2 atom stereocenters. The lowest BCUT2D eigenvalue weighted by atomic mass is 10.0. The summed E-state index contributed by atoms with van der Waals surface area (Å²) in [6.45, 7) is 4.07. The van der Waals surface area contributed by atoms with Gasteiger partial charge in [-0.25, -0.2) is 14.8 Å². The second-order valence-corrected chi connectivity index (χ2v) is 10.8. The number of furan rings is 1. The van der Waals surface area contributed by atoms with E-state index in [-0.39, 0.29) is 18.2 Å². The fourth-order valence-electron chi connectivity index (χ4n) is 5.93. The van der Waals surface area contributed by atoms with E-state index in [1.54, 1.807) is 24.2 Å². The van der Waals surface area contributed by atoms with E-state index in [0.29, 0.717) is 47.0 Å². The van der Waals surface area contributed by atoms with E-state index in [1.165, 1.54) is 0 Å². The molecule has 2 aromatic carbocycles. The van der Waals surface area contributed by atoms with Crippen molar-refractivity contribution >= 4 is 56.4 Å². The topological polar surface area (TPSA) is 150 Å². The van der Waals surface area contributed by atoms with Gasteiger partial charge in [0.15, 0.2) is 11.4 Å². The Bertz CT molecular complexity index is 2010. The van der Waals surface area contributed by atoms with Gasteiger partial charge in [0.25, 0.3) is 0 Å². The van der Waals surface area contributed by atoms with E-state index in [2.05, 4.69) is 30.5 Å². The smallest absolute Gasteiger partial charge is 0.326 e. The highest BCUT2D eigenvalue weighted by molar-refractivity contribution is 6.06. The van der Waals surface area contributed by atoms with Crippen LogP contribution >= 0.6 is 0 Å². The summed E-state index contributed by atoms with van der Waals surface area (Å²) in [7, 11) is 0. The third kappa shape index (κ3) is 4.48. The zero-order chi connectivity index (χ0) is 29.0. The molecule has 0 bridgehead atoms.